The molecule has 1 aromatic carbocycles. The van der Waals surface area contributed by atoms with Gasteiger partial charge in [0, 0.05) is 31.0 Å². The van der Waals surface area contributed by atoms with Gasteiger partial charge in [-0.05, 0) is 50.1 Å². The molecule has 3 aromatic rings. The van der Waals surface area contributed by atoms with Gasteiger partial charge in [0.25, 0.3) is 0 Å². The summed E-state index contributed by atoms with van der Waals surface area (Å²) in [5, 5.41) is 5.48. The van der Waals surface area contributed by atoms with Crippen LogP contribution in [-0.2, 0) is 4.79 Å². The van der Waals surface area contributed by atoms with Crippen molar-refractivity contribution in [1.82, 2.24) is 19.5 Å². The molecule has 2 aromatic heterocycles. The summed E-state index contributed by atoms with van der Waals surface area (Å²) in [6.07, 6.45) is 5.78. The fourth-order valence-corrected chi connectivity index (χ4v) is 4.11. The summed E-state index contributed by atoms with van der Waals surface area (Å²) >= 11 is 1.48. The van der Waals surface area contributed by atoms with Crippen LogP contribution in [0.5, 0.6) is 5.75 Å². The molecule has 0 bridgehead atoms. The average molecular weight is 382 g/mol. The van der Waals surface area contributed by atoms with Crippen molar-refractivity contribution in [3.63, 3.8) is 0 Å². The minimum atomic E-state index is 0.188. The van der Waals surface area contributed by atoms with Crippen LogP contribution in [0.2, 0.25) is 0 Å². The van der Waals surface area contributed by atoms with E-state index in [4.69, 9.17) is 4.74 Å². The Balaban J connectivity index is 1.53. The number of amides is 1. The molecular formula is C20H22N4O2S. The van der Waals surface area contributed by atoms with Gasteiger partial charge in [0.2, 0.25) is 5.91 Å². The Bertz CT molecular complexity index is 933. The molecule has 0 saturated carbocycles. The average Bonchev–Trinajstić information content (AvgIpc) is 3.37. The van der Waals surface area contributed by atoms with E-state index in [0.29, 0.717) is 12.4 Å². The van der Waals surface area contributed by atoms with Crippen LogP contribution in [0.4, 0.5) is 0 Å². The highest BCUT2D eigenvalue weighted by atomic mass is 32.2. The summed E-state index contributed by atoms with van der Waals surface area (Å²) in [7, 11) is 0. The van der Waals surface area contributed by atoms with E-state index in [9.17, 15) is 4.79 Å². The van der Waals surface area contributed by atoms with Crippen LogP contribution in [-0.4, -0.2) is 50.9 Å². The van der Waals surface area contributed by atoms with Crippen molar-refractivity contribution in [3.05, 3.63) is 42.7 Å². The first kappa shape index (κ1) is 17.9. The van der Waals surface area contributed by atoms with E-state index in [1.54, 1.807) is 6.20 Å². The third-order valence-electron chi connectivity index (χ3n) is 4.61. The number of hydrogen-bond acceptors (Lipinski definition) is 5. The Labute approximate surface area is 162 Å². The molecule has 1 saturated heterocycles. The predicted molar refractivity (Wildman–Crippen MR) is 106 cm³/mol. The minimum Gasteiger partial charge on any atom is -0.494 e. The van der Waals surface area contributed by atoms with E-state index in [1.807, 2.05) is 52.9 Å². The number of nitrogens with zero attached hydrogens (tertiary/aromatic N) is 4. The van der Waals surface area contributed by atoms with Gasteiger partial charge in [-0.25, -0.2) is 9.50 Å². The zero-order valence-corrected chi connectivity index (χ0v) is 16.1. The molecule has 0 spiro atoms. The summed E-state index contributed by atoms with van der Waals surface area (Å²) in [6.45, 7) is 4.38. The van der Waals surface area contributed by atoms with Gasteiger partial charge in [0.05, 0.1) is 23.6 Å². The molecule has 1 aliphatic heterocycles. The number of aromatic nitrogens is 3. The summed E-state index contributed by atoms with van der Waals surface area (Å²) in [6, 6.07) is 9.93. The van der Waals surface area contributed by atoms with Crippen LogP contribution < -0.4 is 4.74 Å². The minimum absolute atomic E-state index is 0.188. The Hall–Kier alpha value is -2.54. The smallest absolute Gasteiger partial charge is 0.232 e. The highest BCUT2D eigenvalue weighted by molar-refractivity contribution is 8.00. The Morgan fingerprint density at radius 2 is 2.00 bits per heavy atom. The molecule has 4 rings (SSSR count). The summed E-state index contributed by atoms with van der Waals surface area (Å²) in [5.41, 5.74) is 2.81. The highest BCUT2D eigenvalue weighted by Crippen LogP contribution is 2.27. The lowest BCUT2D eigenvalue weighted by Gasteiger charge is -2.14. The zero-order valence-electron chi connectivity index (χ0n) is 15.3. The summed E-state index contributed by atoms with van der Waals surface area (Å²) in [5.74, 6) is 1.45. The van der Waals surface area contributed by atoms with Gasteiger partial charge in [-0.1, -0.05) is 11.8 Å². The van der Waals surface area contributed by atoms with Gasteiger partial charge >= 0.3 is 0 Å². The van der Waals surface area contributed by atoms with Crippen LogP contribution in [0.1, 0.15) is 19.8 Å². The van der Waals surface area contributed by atoms with Gasteiger partial charge in [-0.3, -0.25) is 4.79 Å². The number of thioether (sulfide) groups is 1. The number of rotatable bonds is 6. The molecule has 1 fully saturated rings. The molecule has 0 atom stereocenters. The van der Waals surface area contributed by atoms with Crippen molar-refractivity contribution in [2.24, 2.45) is 0 Å². The number of fused-ring (bicyclic) bond motifs is 1. The van der Waals surface area contributed by atoms with Crippen molar-refractivity contribution in [1.29, 1.82) is 0 Å². The second-order valence-electron chi connectivity index (χ2n) is 6.43. The summed E-state index contributed by atoms with van der Waals surface area (Å²) in [4.78, 5) is 18.7. The van der Waals surface area contributed by atoms with Crippen molar-refractivity contribution in [3.8, 4) is 17.0 Å². The highest BCUT2D eigenvalue weighted by Gasteiger charge is 2.19. The predicted octanol–water partition coefficient (Wildman–Crippen LogP) is 3.51. The van der Waals surface area contributed by atoms with E-state index in [0.717, 1.165) is 53.5 Å². The third-order valence-corrected chi connectivity index (χ3v) is 5.59. The van der Waals surface area contributed by atoms with Gasteiger partial charge in [0.15, 0.2) is 0 Å². The number of likely N-dealkylation sites (tertiary alicyclic amines) is 1. The molecule has 0 aliphatic carbocycles. The topological polar surface area (TPSA) is 59.7 Å². The van der Waals surface area contributed by atoms with Crippen molar-refractivity contribution < 1.29 is 9.53 Å². The Kier molecular flexibility index (Phi) is 5.29. The quantitative estimate of drug-likeness (QED) is 0.611. The molecule has 0 unspecified atom stereocenters. The maximum absolute atomic E-state index is 12.3. The van der Waals surface area contributed by atoms with E-state index < -0.39 is 0 Å². The lowest BCUT2D eigenvalue weighted by Crippen LogP contribution is -2.29. The van der Waals surface area contributed by atoms with Crippen molar-refractivity contribution in [2.45, 2.75) is 24.8 Å². The van der Waals surface area contributed by atoms with Crippen LogP contribution in [0.3, 0.4) is 0 Å². The fraction of sp³-hybridized carbons (Fsp3) is 0.350. The molecule has 3 heterocycles. The molecule has 0 radical (unpaired) electrons. The number of benzene rings is 1. The molecule has 7 heteroatoms. The largest absolute Gasteiger partial charge is 0.494 e. The van der Waals surface area contributed by atoms with Gasteiger partial charge in [-0.2, -0.15) is 5.10 Å². The third kappa shape index (κ3) is 3.93. The van der Waals surface area contributed by atoms with Crippen LogP contribution in [0.15, 0.2) is 47.8 Å². The van der Waals surface area contributed by atoms with Gasteiger partial charge < -0.3 is 9.64 Å². The first-order chi connectivity index (χ1) is 13.2. The number of ether oxygens (including phenoxy) is 1. The van der Waals surface area contributed by atoms with Crippen molar-refractivity contribution in [2.75, 3.05) is 25.4 Å². The molecule has 0 N–H and O–H groups in total. The molecule has 1 amide bonds. The maximum atomic E-state index is 12.3. The second-order valence-corrected chi connectivity index (χ2v) is 7.39. The first-order valence-electron chi connectivity index (χ1n) is 9.23. The number of hydrogen-bond donors (Lipinski definition) is 0. The van der Waals surface area contributed by atoms with Crippen LogP contribution in [0.25, 0.3) is 16.8 Å². The number of carbonyl (C=O) groups excluding carboxylic acids is 1. The monoisotopic (exact) mass is 382 g/mol. The standard InChI is InChI=1S/C20H22N4O2S/c1-2-26-16-7-5-15(6-8-16)17-13-18-20(21-9-12-24(18)22-17)27-14-19(25)23-10-3-4-11-23/h5-9,12-13H,2-4,10-11,14H2,1H3. The van der Waals surface area contributed by atoms with Gasteiger partial charge in [0.1, 0.15) is 10.8 Å². The molecular weight excluding hydrogens is 360 g/mol. The first-order valence-corrected chi connectivity index (χ1v) is 10.2. The molecule has 140 valence electrons. The van der Waals surface area contributed by atoms with Crippen LogP contribution in [0, 0.1) is 0 Å². The van der Waals surface area contributed by atoms with E-state index >= 15 is 0 Å². The van der Waals surface area contributed by atoms with Gasteiger partial charge in [-0.15, -0.1) is 0 Å². The molecule has 6 nitrogen and oxygen atoms in total. The summed E-state index contributed by atoms with van der Waals surface area (Å²) < 4.78 is 7.32. The van der Waals surface area contributed by atoms with E-state index in [-0.39, 0.29) is 5.91 Å². The molecule has 27 heavy (non-hydrogen) atoms. The fourth-order valence-electron chi connectivity index (χ4n) is 3.23. The van der Waals surface area contributed by atoms with E-state index in [2.05, 4.69) is 10.1 Å². The zero-order chi connectivity index (χ0) is 18.6. The van der Waals surface area contributed by atoms with Crippen molar-refractivity contribution >= 4 is 23.2 Å². The lowest BCUT2D eigenvalue weighted by atomic mass is 10.1. The maximum Gasteiger partial charge on any atom is 0.232 e. The van der Waals surface area contributed by atoms with E-state index in [1.165, 1.54) is 11.8 Å². The Morgan fingerprint density at radius 3 is 2.74 bits per heavy atom. The Morgan fingerprint density at radius 1 is 1.22 bits per heavy atom. The molecule has 1 aliphatic rings. The second kappa shape index (κ2) is 8.00. The van der Waals surface area contributed by atoms with Crippen LogP contribution >= 0.6 is 11.8 Å². The number of carbonyl (C=O) groups is 1. The SMILES string of the molecule is CCOc1ccc(-c2cc3c(SCC(=O)N4CCCC4)nccn3n2)cc1. The lowest BCUT2D eigenvalue weighted by molar-refractivity contribution is -0.127. The normalized spacial score (nSPS) is 14.0.